The minimum atomic E-state index is -0.808. The van der Waals surface area contributed by atoms with Crippen LogP contribution >= 0.6 is 0 Å². The molecular formula is C3H8N3O6-. The highest BCUT2D eigenvalue weighted by molar-refractivity contribution is 4.29. The van der Waals surface area contributed by atoms with Gasteiger partial charge in [-0.1, -0.05) is 0 Å². The highest BCUT2D eigenvalue weighted by Gasteiger charge is 1.89. The van der Waals surface area contributed by atoms with Crippen molar-refractivity contribution in [1.29, 1.82) is 0 Å². The van der Waals surface area contributed by atoms with Gasteiger partial charge in [0.2, 0.25) is 0 Å². The first-order valence-electron chi connectivity index (χ1n) is 2.72. The van der Waals surface area contributed by atoms with Crippen molar-refractivity contribution in [3.8, 4) is 0 Å². The van der Waals surface area contributed by atoms with Crippen LogP contribution in [0.5, 0.6) is 0 Å². The van der Waals surface area contributed by atoms with E-state index in [9.17, 15) is 10.1 Å². The van der Waals surface area contributed by atoms with Crippen molar-refractivity contribution in [2.75, 3.05) is 20.2 Å². The topological polar surface area (TPSA) is 126 Å². The molecule has 0 aromatic carbocycles. The van der Waals surface area contributed by atoms with Crippen molar-refractivity contribution < 1.29 is 20.2 Å². The van der Waals surface area contributed by atoms with Crippen LogP contribution in [0.4, 0.5) is 0 Å². The lowest BCUT2D eigenvalue weighted by Crippen LogP contribution is -2.16. The maximum atomic E-state index is 9.43. The Morgan fingerprint density at radius 3 is 2.42 bits per heavy atom. The molecule has 9 heteroatoms. The minimum Gasteiger partial charge on any atom is -0.635 e. The lowest BCUT2D eigenvalue weighted by atomic mass is 10.7. The molecule has 0 atom stereocenters. The molecule has 0 bridgehead atoms. The van der Waals surface area contributed by atoms with Crippen LogP contribution in [0.25, 0.3) is 0 Å². The molecule has 72 valence electrons. The third-order valence-corrected chi connectivity index (χ3v) is 0.579. The second-order valence-electron chi connectivity index (χ2n) is 1.31. The van der Waals surface area contributed by atoms with Crippen molar-refractivity contribution in [3.63, 3.8) is 0 Å². The Kier molecular flexibility index (Phi) is 13.4. The Morgan fingerprint density at radius 2 is 2.17 bits per heavy atom. The van der Waals surface area contributed by atoms with E-state index in [0.29, 0.717) is 6.54 Å². The molecule has 0 amide bonds. The Labute approximate surface area is 67.2 Å². The molecule has 12 heavy (non-hydrogen) atoms. The van der Waals surface area contributed by atoms with Gasteiger partial charge in [0, 0.05) is 6.54 Å². The van der Waals surface area contributed by atoms with Crippen LogP contribution in [0.1, 0.15) is 0 Å². The van der Waals surface area contributed by atoms with E-state index in [2.05, 4.69) is 15.1 Å². The summed E-state index contributed by atoms with van der Waals surface area (Å²) < 4.78 is 0. The predicted octanol–water partition coefficient (Wildman–Crippen LogP) is -1.63. The summed E-state index contributed by atoms with van der Waals surface area (Å²) in [7, 11) is 1.70. The summed E-state index contributed by atoms with van der Waals surface area (Å²) in [6, 6.07) is 0. The molecule has 0 radical (unpaired) electrons. The van der Waals surface area contributed by atoms with Gasteiger partial charge >= 0.3 is 0 Å². The normalized spacial score (nSPS) is 7.50. The van der Waals surface area contributed by atoms with Gasteiger partial charge in [0.1, 0.15) is 11.9 Å². The van der Waals surface area contributed by atoms with Gasteiger partial charge in [-0.3, -0.25) is 0 Å². The third-order valence-electron chi connectivity index (χ3n) is 0.579. The van der Waals surface area contributed by atoms with Crippen LogP contribution in [0.15, 0.2) is 5.34 Å². The van der Waals surface area contributed by atoms with E-state index in [1.165, 1.54) is 5.34 Å². The Bertz CT molecular complexity index is 119. The van der Waals surface area contributed by atoms with Crippen LogP contribution in [0.2, 0.25) is 0 Å². The smallest absolute Gasteiger partial charge is 0.294 e. The molecule has 1 N–H and O–H groups in total. The van der Waals surface area contributed by atoms with Gasteiger partial charge in [0.25, 0.3) is 5.09 Å². The summed E-state index contributed by atoms with van der Waals surface area (Å²) >= 11 is 0. The lowest BCUT2D eigenvalue weighted by Gasteiger charge is -1.94. The summed E-state index contributed by atoms with van der Waals surface area (Å²) in [5.74, 6) is 0. The fourth-order valence-electron chi connectivity index (χ4n) is 0.222. The van der Waals surface area contributed by atoms with Crippen molar-refractivity contribution >= 4 is 0 Å². The van der Waals surface area contributed by atoms with Crippen molar-refractivity contribution in [3.05, 3.63) is 15.0 Å². The van der Waals surface area contributed by atoms with E-state index in [1.807, 2.05) is 0 Å². The predicted molar refractivity (Wildman–Crippen MR) is 33.8 cm³/mol. The fraction of sp³-hybridized carbons (Fsp3) is 1.00. The van der Waals surface area contributed by atoms with Gasteiger partial charge in [0.05, 0.1) is 0 Å². The molecular weight excluding hydrogens is 174 g/mol. The van der Waals surface area contributed by atoms with E-state index in [-0.39, 0.29) is 6.61 Å². The molecule has 0 aromatic heterocycles. The number of nitrogens with one attached hydrogen (secondary N) is 1. The molecule has 0 unspecified atom stereocenters. The first-order chi connectivity index (χ1) is 5.68. The summed E-state index contributed by atoms with van der Waals surface area (Å²) in [6.07, 6.45) is 0. The standard InChI is InChI=1S/C3H8N2O3.HNO3/c1-4-2-3-8-5(6)7;2-1-4-3/h4H,2-3H2,1H3;3H/p-1. The van der Waals surface area contributed by atoms with Gasteiger partial charge in [-0.2, -0.15) is 0 Å². The SMILES string of the molecule is CNCCO[N+](=O)[O-].O=NO[O-]. The molecule has 9 nitrogen and oxygen atoms in total. The maximum Gasteiger partial charge on any atom is 0.294 e. The molecule has 0 saturated heterocycles. The molecule has 0 fully saturated rings. The van der Waals surface area contributed by atoms with E-state index in [0.717, 1.165) is 0 Å². The van der Waals surface area contributed by atoms with E-state index in [1.54, 1.807) is 7.05 Å². The zero-order chi connectivity index (χ0) is 9.82. The number of likely N-dealkylation sites (N-methyl/N-ethyl adjacent to an activating group) is 1. The quantitative estimate of drug-likeness (QED) is 0.178. The Hall–Kier alpha value is -1.48. The molecule has 0 saturated carbocycles. The number of rotatable bonds is 5. The largest absolute Gasteiger partial charge is 0.635 e. The lowest BCUT2D eigenvalue weighted by molar-refractivity contribution is -0.757. The molecule has 0 heterocycles. The van der Waals surface area contributed by atoms with Gasteiger partial charge in [-0.25, -0.2) is 0 Å². The number of hydrogen-bond donors (Lipinski definition) is 1. The third kappa shape index (κ3) is 23.6. The van der Waals surface area contributed by atoms with Crippen molar-refractivity contribution in [1.82, 2.24) is 5.32 Å². The van der Waals surface area contributed by atoms with E-state index < -0.39 is 5.09 Å². The van der Waals surface area contributed by atoms with Gasteiger partial charge < -0.3 is 20.4 Å². The second-order valence-corrected chi connectivity index (χ2v) is 1.31. The average molecular weight is 182 g/mol. The summed E-state index contributed by atoms with van der Waals surface area (Å²) in [6.45, 7) is 0.616. The molecule has 0 aliphatic carbocycles. The van der Waals surface area contributed by atoms with Crippen LogP contribution in [0, 0.1) is 15.0 Å². The van der Waals surface area contributed by atoms with Crippen LogP contribution in [-0.4, -0.2) is 25.3 Å². The monoisotopic (exact) mass is 182 g/mol. The van der Waals surface area contributed by atoms with Crippen molar-refractivity contribution in [2.45, 2.75) is 0 Å². The molecule has 0 aliphatic rings. The van der Waals surface area contributed by atoms with Gasteiger partial charge in [-0.15, -0.1) is 15.0 Å². The number of nitrogens with zero attached hydrogens (tertiary/aromatic N) is 2. The Balaban J connectivity index is 0. The fourth-order valence-corrected chi connectivity index (χ4v) is 0.222. The minimum absolute atomic E-state index is 0.115. The summed E-state index contributed by atoms with van der Waals surface area (Å²) in [5, 5.41) is 21.1. The zero-order valence-electron chi connectivity index (χ0n) is 6.26. The van der Waals surface area contributed by atoms with E-state index in [4.69, 9.17) is 10.2 Å². The zero-order valence-corrected chi connectivity index (χ0v) is 6.26. The highest BCUT2D eigenvalue weighted by Crippen LogP contribution is 1.69. The van der Waals surface area contributed by atoms with Crippen LogP contribution < -0.4 is 10.6 Å². The van der Waals surface area contributed by atoms with Gasteiger partial charge in [-0.05, 0) is 7.05 Å². The average Bonchev–Trinajstić information content (AvgIpc) is 2.05. The maximum absolute atomic E-state index is 9.43. The Morgan fingerprint density at radius 1 is 1.67 bits per heavy atom. The molecule has 0 spiro atoms. The first-order valence-corrected chi connectivity index (χ1v) is 2.72. The van der Waals surface area contributed by atoms with Crippen LogP contribution in [0.3, 0.4) is 0 Å². The first kappa shape index (κ1) is 13.1. The van der Waals surface area contributed by atoms with Gasteiger partial charge in [0.15, 0.2) is 0 Å². The second kappa shape index (κ2) is 12.2. The molecule has 0 aromatic rings. The van der Waals surface area contributed by atoms with Crippen molar-refractivity contribution in [2.24, 2.45) is 5.34 Å². The summed E-state index contributed by atoms with van der Waals surface area (Å²) in [4.78, 5) is 24.1. The molecule has 0 rings (SSSR count). The summed E-state index contributed by atoms with van der Waals surface area (Å²) in [5.41, 5.74) is 0. The van der Waals surface area contributed by atoms with E-state index >= 15 is 0 Å². The van der Waals surface area contributed by atoms with Crippen LogP contribution in [-0.2, 0) is 9.83 Å². The highest BCUT2D eigenvalue weighted by atomic mass is 17.2. The number of hydrogen-bond acceptors (Lipinski definition) is 8. The molecule has 0 aliphatic heterocycles.